The zero-order valence-electron chi connectivity index (χ0n) is 20.6. The number of nitro benzene ring substituents is 1. The maximum Gasteiger partial charge on any atom is 0.325 e. The normalized spacial score (nSPS) is 13.8. The highest BCUT2D eigenvalue weighted by molar-refractivity contribution is 6.00. The average molecular weight is 536 g/mol. The minimum atomic E-state index is -1.03. The Labute approximate surface area is 221 Å². The number of oxime groups is 1. The number of amidine groups is 1. The summed E-state index contributed by atoms with van der Waals surface area (Å²) in [7, 11) is 0. The second-order valence-corrected chi connectivity index (χ2v) is 8.92. The van der Waals surface area contributed by atoms with E-state index in [2.05, 4.69) is 15.6 Å². The van der Waals surface area contributed by atoms with Crippen LogP contribution in [0, 0.1) is 10.1 Å². The Kier molecular flexibility index (Phi) is 7.84. The van der Waals surface area contributed by atoms with Gasteiger partial charge in [0, 0.05) is 61.0 Å². The van der Waals surface area contributed by atoms with Crippen LogP contribution in [-0.2, 0) is 35.5 Å². The van der Waals surface area contributed by atoms with Crippen molar-refractivity contribution < 1.29 is 29.6 Å². The van der Waals surface area contributed by atoms with E-state index in [1.54, 1.807) is 11.1 Å². The van der Waals surface area contributed by atoms with E-state index in [1.165, 1.54) is 53.2 Å². The minimum absolute atomic E-state index is 0.0758. The standard InChI is InChI=1S/C25H25N7O7/c26-23(29-37)16-3-5-17(6-4-16)24(35)27-21(11-15-1-7-19(8-2-15)32(38)39)25(36)30-10-9-20-18(12-30)13-31(28-20)14-22(33)34/h1-8,13,21,37H,9-12,14H2,(H2,26,29)(H,27,35)(H,33,34)/t21-/m0/s1. The van der Waals surface area contributed by atoms with Crippen molar-refractivity contribution in [1.29, 1.82) is 0 Å². The SMILES string of the molecule is N/C(=N\O)c1ccc(C(=O)N[C@@H](Cc2ccc([N+](=O)[O-])cc2)C(=O)N2CCc3nn(CC(=O)O)cc3C2)cc1. The summed E-state index contributed by atoms with van der Waals surface area (Å²) in [6.45, 7) is 0.209. The molecule has 0 radical (unpaired) electrons. The molecule has 3 aromatic rings. The fourth-order valence-electron chi connectivity index (χ4n) is 4.28. The number of carbonyl (C=O) groups excluding carboxylic acids is 2. The van der Waals surface area contributed by atoms with Crippen molar-refractivity contribution in [1.82, 2.24) is 20.0 Å². The topological polar surface area (TPSA) is 206 Å². The van der Waals surface area contributed by atoms with E-state index in [-0.39, 0.29) is 42.5 Å². The van der Waals surface area contributed by atoms with Crippen molar-refractivity contribution in [2.24, 2.45) is 10.9 Å². The summed E-state index contributed by atoms with van der Waals surface area (Å²) < 4.78 is 1.31. The predicted molar refractivity (Wildman–Crippen MR) is 136 cm³/mol. The number of aliphatic carboxylic acids is 1. The highest BCUT2D eigenvalue weighted by atomic mass is 16.6. The smallest absolute Gasteiger partial charge is 0.325 e. The van der Waals surface area contributed by atoms with E-state index in [9.17, 15) is 24.5 Å². The zero-order valence-corrected chi connectivity index (χ0v) is 20.6. The van der Waals surface area contributed by atoms with Gasteiger partial charge in [-0.05, 0) is 17.7 Å². The second kappa shape index (κ2) is 11.4. The van der Waals surface area contributed by atoms with Gasteiger partial charge in [0.25, 0.3) is 11.6 Å². The molecule has 5 N–H and O–H groups in total. The van der Waals surface area contributed by atoms with Crippen LogP contribution in [0.15, 0.2) is 59.9 Å². The Morgan fingerprint density at radius 1 is 1.13 bits per heavy atom. The lowest BCUT2D eigenvalue weighted by atomic mass is 10.0. The average Bonchev–Trinajstić information content (AvgIpc) is 3.33. The lowest BCUT2D eigenvalue weighted by Crippen LogP contribution is -2.50. The molecule has 4 rings (SSSR count). The van der Waals surface area contributed by atoms with Gasteiger partial charge in [-0.2, -0.15) is 5.10 Å². The van der Waals surface area contributed by atoms with Gasteiger partial charge < -0.3 is 26.3 Å². The summed E-state index contributed by atoms with van der Waals surface area (Å²) in [6, 6.07) is 10.7. The Bertz CT molecular complexity index is 1430. The van der Waals surface area contributed by atoms with E-state index in [0.717, 1.165) is 5.56 Å². The number of amides is 2. The van der Waals surface area contributed by atoms with Gasteiger partial charge >= 0.3 is 5.97 Å². The number of nitrogens with two attached hydrogens (primary N) is 1. The largest absolute Gasteiger partial charge is 0.480 e. The number of benzene rings is 2. The molecule has 0 aliphatic carbocycles. The Balaban J connectivity index is 1.55. The van der Waals surface area contributed by atoms with Crippen LogP contribution >= 0.6 is 0 Å². The highest BCUT2D eigenvalue weighted by Gasteiger charge is 2.30. The quantitative estimate of drug-likeness (QED) is 0.101. The molecule has 0 fully saturated rings. The maximum atomic E-state index is 13.6. The van der Waals surface area contributed by atoms with Crippen molar-refractivity contribution in [3.8, 4) is 0 Å². The zero-order chi connectivity index (χ0) is 28.1. The third-order valence-electron chi connectivity index (χ3n) is 6.25. The number of hydrogen-bond acceptors (Lipinski definition) is 8. The van der Waals surface area contributed by atoms with Gasteiger partial charge in [-0.15, -0.1) is 0 Å². The maximum absolute atomic E-state index is 13.6. The van der Waals surface area contributed by atoms with Crippen molar-refractivity contribution >= 4 is 29.3 Å². The lowest BCUT2D eigenvalue weighted by Gasteiger charge is -2.30. The minimum Gasteiger partial charge on any atom is -0.480 e. The van der Waals surface area contributed by atoms with Crippen LogP contribution in [0.25, 0.3) is 0 Å². The molecule has 0 unspecified atom stereocenters. The first-order valence-electron chi connectivity index (χ1n) is 11.8. The van der Waals surface area contributed by atoms with Crippen molar-refractivity contribution in [2.45, 2.75) is 32.0 Å². The lowest BCUT2D eigenvalue weighted by molar-refractivity contribution is -0.384. The highest BCUT2D eigenvalue weighted by Crippen LogP contribution is 2.20. The number of hydrogen-bond donors (Lipinski definition) is 4. The Morgan fingerprint density at radius 3 is 2.41 bits per heavy atom. The number of carboxylic acids is 1. The molecule has 2 amide bonds. The Morgan fingerprint density at radius 2 is 1.79 bits per heavy atom. The first-order chi connectivity index (χ1) is 18.6. The monoisotopic (exact) mass is 535 g/mol. The van der Waals surface area contributed by atoms with Crippen molar-refractivity contribution in [3.63, 3.8) is 0 Å². The van der Waals surface area contributed by atoms with E-state index < -0.39 is 22.8 Å². The third-order valence-corrected chi connectivity index (χ3v) is 6.25. The predicted octanol–water partition coefficient (Wildman–Crippen LogP) is 0.896. The number of carbonyl (C=O) groups is 3. The Hall–Kier alpha value is -5.27. The van der Waals surface area contributed by atoms with E-state index >= 15 is 0 Å². The number of rotatable bonds is 9. The van der Waals surface area contributed by atoms with Gasteiger partial charge in [0.15, 0.2) is 5.84 Å². The van der Waals surface area contributed by atoms with Crippen molar-refractivity contribution in [3.05, 3.63) is 92.8 Å². The molecule has 0 bridgehead atoms. The molecule has 2 aromatic carbocycles. The molecular formula is C25H25N7O7. The summed E-state index contributed by atoms with van der Waals surface area (Å²) in [5.41, 5.74) is 8.14. The van der Waals surface area contributed by atoms with Crippen LogP contribution in [0.1, 0.15) is 32.7 Å². The fraction of sp³-hybridized carbons (Fsp3) is 0.240. The van der Waals surface area contributed by atoms with E-state index in [4.69, 9.17) is 16.0 Å². The molecule has 1 aliphatic rings. The molecule has 0 spiro atoms. The third kappa shape index (κ3) is 6.36. The number of nitro groups is 1. The molecule has 0 saturated heterocycles. The van der Waals surface area contributed by atoms with Gasteiger partial charge in [0.05, 0.1) is 10.6 Å². The molecule has 2 heterocycles. The van der Waals surface area contributed by atoms with Gasteiger partial charge in [-0.3, -0.25) is 29.2 Å². The van der Waals surface area contributed by atoms with Crippen LogP contribution in [0.2, 0.25) is 0 Å². The summed E-state index contributed by atoms with van der Waals surface area (Å²) in [6.07, 6.45) is 2.09. The summed E-state index contributed by atoms with van der Waals surface area (Å²) >= 11 is 0. The first-order valence-corrected chi connectivity index (χ1v) is 11.8. The number of nitrogens with one attached hydrogen (secondary N) is 1. The van der Waals surface area contributed by atoms with Crippen LogP contribution in [0.3, 0.4) is 0 Å². The molecule has 0 saturated carbocycles. The van der Waals surface area contributed by atoms with Gasteiger partial charge in [0.2, 0.25) is 5.91 Å². The number of non-ortho nitro benzene ring substituents is 1. The first kappa shape index (κ1) is 26.8. The molecule has 14 nitrogen and oxygen atoms in total. The number of carboxylic acid groups (broad SMARTS) is 1. The van der Waals surface area contributed by atoms with Gasteiger partial charge in [0.1, 0.15) is 12.6 Å². The molecule has 202 valence electrons. The van der Waals surface area contributed by atoms with E-state index in [0.29, 0.717) is 29.8 Å². The molecular weight excluding hydrogens is 510 g/mol. The molecule has 1 aliphatic heterocycles. The second-order valence-electron chi connectivity index (χ2n) is 8.92. The molecule has 39 heavy (non-hydrogen) atoms. The molecule has 1 atom stereocenters. The number of aromatic nitrogens is 2. The van der Waals surface area contributed by atoms with E-state index in [1.807, 2.05) is 0 Å². The van der Waals surface area contributed by atoms with Crippen molar-refractivity contribution in [2.75, 3.05) is 6.54 Å². The number of nitrogens with zero attached hydrogens (tertiary/aromatic N) is 5. The van der Waals surface area contributed by atoms with Crippen LogP contribution in [-0.4, -0.2) is 66.1 Å². The molecule has 1 aromatic heterocycles. The van der Waals surface area contributed by atoms with Gasteiger partial charge in [-0.1, -0.05) is 29.4 Å². The van der Waals surface area contributed by atoms with Gasteiger partial charge in [-0.25, -0.2) is 0 Å². The fourth-order valence-corrected chi connectivity index (χ4v) is 4.28. The van der Waals surface area contributed by atoms with Crippen LogP contribution in [0.4, 0.5) is 5.69 Å². The molecule has 14 heteroatoms. The summed E-state index contributed by atoms with van der Waals surface area (Å²) in [5.74, 6) is -2.06. The van der Waals surface area contributed by atoms with Crippen LogP contribution in [0.5, 0.6) is 0 Å². The number of fused-ring (bicyclic) bond motifs is 1. The summed E-state index contributed by atoms with van der Waals surface area (Å²) in [4.78, 5) is 49.8. The van der Waals surface area contributed by atoms with Crippen LogP contribution < -0.4 is 11.1 Å². The summed E-state index contributed by atoms with van der Waals surface area (Å²) in [5, 5.41) is 38.8.